The molecule has 224 valence electrons. The summed E-state index contributed by atoms with van der Waals surface area (Å²) in [5.41, 5.74) is 2.11. The summed E-state index contributed by atoms with van der Waals surface area (Å²) < 4.78 is 48.9. The lowest BCUT2D eigenvalue weighted by atomic mass is 9.96. The Bertz CT molecular complexity index is 1140. The first-order valence-corrected chi connectivity index (χ1v) is 13.6. The van der Waals surface area contributed by atoms with Crippen LogP contribution in [-0.2, 0) is 20.6 Å². The summed E-state index contributed by atoms with van der Waals surface area (Å²) in [5, 5.41) is 1.47. The van der Waals surface area contributed by atoms with Gasteiger partial charge in [0.15, 0.2) is 5.60 Å². The van der Waals surface area contributed by atoms with Crippen molar-refractivity contribution >= 4 is 23.5 Å². The van der Waals surface area contributed by atoms with Crippen LogP contribution in [0.1, 0.15) is 84.2 Å². The monoisotopic (exact) mass is 570 g/mol. The van der Waals surface area contributed by atoms with Crippen molar-refractivity contribution in [3.63, 3.8) is 0 Å². The Balaban J connectivity index is 2.07. The van der Waals surface area contributed by atoms with Crippen LogP contribution in [0, 0.1) is 5.41 Å². The number of anilines is 1. The average molecular weight is 571 g/mol. The largest absolute Gasteiger partial charge is 0.476 e. The van der Waals surface area contributed by atoms with E-state index in [1.807, 2.05) is 0 Å². The average Bonchev–Trinajstić information content (AvgIpc) is 2.80. The molecule has 0 aliphatic carbocycles. The zero-order chi connectivity index (χ0) is 30.4. The van der Waals surface area contributed by atoms with E-state index in [0.717, 1.165) is 12.1 Å². The molecule has 2 aliphatic heterocycles. The Kier molecular flexibility index (Phi) is 8.86. The molecular formula is C28H41F3N4O5. The topological polar surface area (TPSA) is 105 Å². The van der Waals surface area contributed by atoms with E-state index < -0.39 is 64.2 Å². The molecule has 3 rings (SSSR count). The first-order chi connectivity index (χ1) is 18.2. The number of piperidine rings is 1. The predicted molar refractivity (Wildman–Crippen MR) is 144 cm³/mol. The molecule has 40 heavy (non-hydrogen) atoms. The van der Waals surface area contributed by atoms with Gasteiger partial charge in [-0.2, -0.15) is 13.2 Å². The van der Waals surface area contributed by atoms with Crippen LogP contribution in [0.4, 0.5) is 18.9 Å². The molecule has 0 unspecified atom stereocenters. The lowest BCUT2D eigenvalue weighted by molar-refractivity contribution is -0.208. The number of nitrogens with two attached hydrogens (primary N) is 1. The molecule has 2 amide bonds. The van der Waals surface area contributed by atoms with Crippen LogP contribution in [0.2, 0.25) is 0 Å². The third-order valence-electron chi connectivity index (χ3n) is 6.89. The van der Waals surface area contributed by atoms with Crippen molar-refractivity contribution in [2.75, 3.05) is 24.5 Å². The van der Waals surface area contributed by atoms with Gasteiger partial charge >= 0.3 is 12.1 Å². The van der Waals surface area contributed by atoms with E-state index in [-0.39, 0.29) is 24.5 Å². The minimum Gasteiger partial charge on any atom is -0.476 e. The van der Waals surface area contributed by atoms with Crippen molar-refractivity contribution in [3.05, 3.63) is 23.3 Å². The Hall–Kier alpha value is -2.86. The molecule has 1 aromatic rings. The Morgan fingerprint density at radius 2 is 1.82 bits per heavy atom. The fourth-order valence-corrected chi connectivity index (χ4v) is 4.94. The van der Waals surface area contributed by atoms with Crippen LogP contribution < -0.4 is 15.4 Å². The summed E-state index contributed by atoms with van der Waals surface area (Å²) in [6.07, 6.45) is -3.77. The van der Waals surface area contributed by atoms with Gasteiger partial charge in [0, 0.05) is 31.2 Å². The molecule has 0 spiro atoms. The number of alkyl halides is 3. The molecule has 1 saturated heterocycles. The molecular weight excluding hydrogens is 529 g/mol. The van der Waals surface area contributed by atoms with Gasteiger partial charge in [0.25, 0.3) is 11.8 Å². The molecule has 0 aromatic heterocycles. The van der Waals surface area contributed by atoms with E-state index in [0.29, 0.717) is 19.4 Å². The van der Waals surface area contributed by atoms with Gasteiger partial charge in [-0.25, -0.2) is 4.79 Å². The van der Waals surface area contributed by atoms with Crippen molar-refractivity contribution < 1.29 is 37.1 Å². The first kappa shape index (κ1) is 31.7. The number of benzene rings is 1. The van der Waals surface area contributed by atoms with E-state index >= 15 is 0 Å². The highest BCUT2D eigenvalue weighted by Crippen LogP contribution is 2.44. The number of halogens is 3. The van der Waals surface area contributed by atoms with Crippen LogP contribution >= 0.6 is 0 Å². The number of fused-ring (bicyclic) bond motifs is 1. The van der Waals surface area contributed by atoms with Crippen molar-refractivity contribution in [2.45, 2.75) is 98.1 Å². The van der Waals surface area contributed by atoms with Crippen LogP contribution in [0.15, 0.2) is 12.1 Å². The van der Waals surface area contributed by atoms with E-state index in [1.165, 1.54) is 28.7 Å². The maximum absolute atomic E-state index is 14.4. The predicted octanol–water partition coefficient (Wildman–Crippen LogP) is 4.38. The number of hydroxylamine groups is 2. The maximum atomic E-state index is 14.4. The van der Waals surface area contributed by atoms with Gasteiger partial charge in [0.1, 0.15) is 5.75 Å². The van der Waals surface area contributed by atoms with Crippen molar-refractivity contribution in [3.8, 4) is 5.75 Å². The smallest absolute Gasteiger partial charge is 0.417 e. The normalized spacial score (nSPS) is 20.6. The first-order valence-electron chi connectivity index (χ1n) is 13.6. The van der Waals surface area contributed by atoms with Gasteiger partial charge in [0.2, 0.25) is 0 Å². The molecule has 1 fully saturated rings. The number of hydrogen-bond donors (Lipinski definition) is 1. The quantitative estimate of drug-likeness (QED) is 0.541. The van der Waals surface area contributed by atoms with Gasteiger partial charge in [-0.1, -0.05) is 0 Å². The Morgan fingerprint density at radius 1 is 1.20 bits per heavy atom. The summed E-state index contributed by atoms with van der Waals surface area (Å²) in [6.45, 7) is 13.9. The Morgan fingerprint density at radius 3 is 2.35 bits per heavy atom. The second kappa shape index (κ2) is 11.2. The number of carbonyl (C=O) groups is 3. The SMILES string of the molecule is CC(C)N(C(=O)c1cc2c(cc1C(F)(F)F)OC(C)(C)C(=O)N2C[C@H](C)N)[C@@H]1CCCN(OC(=O)C(C)(C)C)C1. The van der Waals surface area contributed by atoms with Gasteiger partial charge in [0.05, 0.1) is 28.8 Å². The standard InChI is InChI=1S/C28H41F3N4O5/c1-16(2)35(18-10-9-11-33(15-18)40-25(38)26(4,5)6)23(36)19-12-21-22(13-20(19)28(29,30)31)39-27(7,8)24(37)34(21)14-17(3)32/h12-13,16-18H,9-11,14-15,32H2,1-8H3/t17-,18+/m0/s1. The summed E-state index contributed by atoms with van der Waals surface area (Å²) in [7, 11) is 0. The highest BCUT2D eigenvalue weighted by atomic mass is 19.4. The third kappa shape index (κ3) is 6.71. The van der Waals surface area contributed by atoms with Crippen LogP contribution in [0.25, 0.3) is 0 Å². The molecule has 2 atom stereocenters. The number of nitrogens with zero attached hydrogens (tertiary/aromatic N) is 3. The lowest BCUT2D eigenvalue weighted by Crippen LogP contribution is -2.55. The van der Waals surface area contributed by atoms with Gasteiger partial charge in [-0.15, -0.1) is 5.06 Å². The van der Waals surface area contributed by atoms with E-state index in [4.69, 9.17) is 15.3 Å². The minimum absolute atomic E-state index is 0.0300. The fourth-order valence-electron chi connectivity index (χ4n) is 4.94. The van der Waals surface area contributed by atoms with Gasteiger partial charge in [-0.3, -0.25) is 9.59 Å². The number of amides is 2. The van der Waals surface area contributed by atoms with Crippen molar-refractivity contribution in [1.29, 1.82) is 0 Å². The van der Waals surface area contributed by atoms with E-state index in [2.05, 4.69) is 0 Å². The second-order valence-corrected chi connectivity index (χ2v) is 12.5. The van der Waals surface area contributed by atoms with Crippen LogP contribution in [0.3, 0.4) is 0 Å². The molecule has 12 heteroatoms. The summed E-state index contributed by atoms with van der Waals surface area (Å²) in [6, 6.07) is 0.421. The molecule has 0 saturated carbocycles. The Labute approximate surface area is 233 Å². The molecule has 1 aromatic carbocycles. The summed E-state index contributed by atoms with van der Waals surface area (Å²) in [4.78, 5) is 47.8. The maximum Gasteiger partial charge on any atom is 0.417 e. The van der Waals surface area contributed by atoms with E-state index in [1.54, 1.807) is 41.5 Å². The number of hydrogen-bond acceptors (Lipinski definition) is 7. The number of ether oxygens (including phenoxy) is 1. The molecule has 9 nitrogen and oxygen atoms in total. The minimum atomic E-state index is -4.87. The highest BCUT2D eigenvalue weighted by molar-refractivity contribution is 6.05. The molecule has 0 bridgehead atoms. The molecule has 2 N–H and O–H groups in total. The summed E-state index contributed by atoms with van der Waals surface area (Å²) in [5.74, 6) is -1.90. The number of carbonyl (C=O) groups excluding carboxylic acids is 3. The van der Waals surface area contributed by atoms with Crippen molar-refractivity contribution in [1.82, 2.24) is 9.96 Å². The van der Waals surface area contributed by atoms with Gasteiger partial charge < -0.3 is 25.1 Å². The van der Waals surface area contributed by atoms with Crippen LogP contribution in [0.5, 0.6) is 5.75 Å². The van der Waals surface area contributed by atoms with Crippen LogP contribution in [-0.4, -0.2) is 71.1 Å². The molecule has 0 radical (unpaired) electrons. The molecule has 2 aliphatic rings. The van der Waals surface area contributed by atoms with Crippen molar-refractivity contribution in [2.24, 2.45) is 11.1 Å². The second-order valence-electron chi connectivity index (χ2n) is 12.5. The lowest BCUT2D eigenvalue weighted by Gasteiger charge is -2.42. The zero-order valence-corrected chi connectivity index (χ0v) is 24.5. The zero-order valence-electron chi connectivity index (χ0n) is 24.5. The molecule has 2 heterocycles. The third-order valence-corrected chi connectivity index (χ3v) is 6.89. The summed E-state index contributed by atoms with van der Waals surface area (Å²) >= 11 is 0. The fraction of sp³-hybridized carbons (Fsp3) is 0.679. The highest BCUT2D eigenvalue weighted by Gasteiger charge is 2.45. The van der Waals surface area contributed by atoms with E-state index in [9.17, 15) is 27.6 Å². The van der Waals surface area contributed by atoms with Gasteiger partial charge in [-0.05, 0) is 80.4 Å². The number of rotatable bonds is 6.